The van der Waals surface area contributed by atoms with Gasteiger partial charge in [0.05, 0.1) is 8.07 Å². The average molecular weight is 575 g/mol. The van der Waals surface area contributed by atoms with Crippen molar-refractivity contribution in [2.75, 3.05) is 6.61 Å². The van der Waals surface area contributed by atoms with Crippen molar-refractivity contribution in [3.8, 4) is 0 Å². The van der Waals surface area contributed by atoms with Crippen LogP contribution in [0.5, 0.6) is 0 Å². The maximum absolute atomic E-state index is 5.94. The summed E-state index contributed by atoms with van der Waals surface area (Å²) in [6.07, 6.45) is 0. The van der Waals surface area contributed by atoms with Gasteiger partial charge in [0.25, 0.3) is 0 Å². The van der Waals surface area contributed by atoms with E-state index in [1.807, 2.05) is 0 Å². The Morgan fingerprint density at radius 1 is 0.867 bits per heavy atom. The first kappa shape index (κ1) is 32.4. The summed E-state index contributed by atoms with van der Waals surface area (Å²) in [5.41, 5.74) is 0.210. The van der Waals surface area contributed by atoms with Crippen molar-refractivity contribution in [2.45, 2.75) is 51.9 Å². The van der Waals surface area contributed by atoms with E-state index in [1.54, 1.807) is 28.5 Å². The molecule has 166 valence electrons. The van der Waals surface area contributed by atoms with Gasteiger partial charge in [-0.25, -0.2) is 12.1 Å². The molecule has 0 spiro atoms. The molecule has 0 saturated carbocycles. The van der Waals surface area contributed by atoms with E-state index in [2.05, 4.69) is 113 Å². The third kappa shape index (κ3) is 14.3. The largest absolute Gasteiger partial charge is 1.00 e. The van der Waals surface area contributed by atoms with E-state index in [-0.39, 0.29) is 30.2 Å². The van der Waals surface area contributed by atoms with Gasteiger partial charge in [-0.3, -0.25) is 0 Å². The van der Waals surface area contributed by atoms with E-state index in [0.29, 0.717) is 0 Å². The minimum absolute atomic E-state index is 0. The summed E-state index contributed by atoms with van der Waals surface area (Å²) in [6, 6.07) is 24.7. The Balaban J connectivity index is 0. The molecule has 0 aromatic heterocycles. The second-order valence-electron chi connectivity index (χ2n) is 8.92. The number of fused-ring (bicyclic) bond motifs is 1. The number of rotatable bonds is 5. The topological polar surface area (TPSA) is 9.23 Å². The molecular formula is C23H36Cl2OSi3Zr-2. The molecule has 0 aliphatic rings. The summed E-state index contributed by atoms with van der Waals surface area (Å²) in [6.45, 7) is 17.2. The zero-order valence-electron chi connectivity index (χ0n) is 19.4. The van der Waals surface area contributed by atoms with Crippen molar-refractivity contribution in [3.63, 3.8) is 0 Å². The van der Waals surface area contributed by atoms with E-state index in [0.717, 1.165) is 6.61 Å². The van der Waals surface area contributed by atoms with Crippen LogP contribution in [0.15, 0.2) is 66.7 Å². The van der Waals surface area contributed by atoms with Crippen molar-refractivity contribution in [1.29, 1.82) is 0 Å². The molecule has 0 fully saturated rings. The Hall–Kier alpha value is 0.254. The van der Waals surface area contributed by atoms with Gasteiger partial charge in [0, 0.05) is 6.61 Å². The molecule has 0 unspecified atom stereocenters. The van der Waals surface area contributed by atoms with E-state index in [9.17, 15) is 0 Å². The molecule has 0 amide bonds. The monoisotopic (exact) mass is 572 g/mol. The molecule has 1 nitrogen and oxygen atoms in total. The van der Waals surface area contributed by atoms with E-state index in [4.69, 9.17) is 4.43 Å². The van der Waals surface area contributed by atoms with Crippen LogP contribution in [0.3, 0.4) is 0 Å². The van der Waals surface area contributed by atoms with Gasteiger partial charge in [0.1, 0.15) is 0 Å². The minimum Gasteiger partial charge on any atom is -1.00 e. The van der Waals surface area contributed by atoms with Gasteiger partial charge >= 0.3 is 41.9 Å². The van der Waals surface area contributed by atoms with Crippen LogP contribution in [0, 0.1) is 0 Å². The molecule has 0 heterocycles. The van der Waals surface area contributed by atoms with E-state index >= 15 is 0 Å². The number of hydrogen-bond acceptors (Lipinski definition) is 1. The van der Waals surface area contributed by atoms with Gasteiger partial charge in [-0.1, -0.05) is 19.2 Å². The molecule has 30 heavy (non-hydrogen) atoms. The van der Waals surface area contributed by atoms with Crippen LogP contribution in [0.25, 0.3) is 10.8 Å². The Morgan fingerprint density at radius 2 is 1.47 bits per heavy atom. The fourth-order valence-corrected chi connectivity index (χ4v) is 5.57. The fourth-order valence-electron chi connectivity index (χ4n) is 2.65. The van der Waals surface area contributed by atoms with Gasteiger partial charge in [-0.15, -0.1) is 29.7 Å². The van der Waals surface area contributed by atoms with Crippen LogP contribution >= 0.6 is 0 Å². The molecule has 3 aromatic carbocycles. The minimum atomic E-state index is -1.32. The van der Waals surface area contributed by atoms with Gasteiger partial charge in [-0.05, 0) is 25.7 Å². The smallest absolute Gasteiger partial charge is 0.0809 e. The summed E-state index contributed by atoms with van der Waals surface area (Å²) >= 11 is 1.74. The second-order valence-corrected chi connectivity index (χ2v) is 27.7. The molecule has 0 radical (unpaired) electrons. The average Bonchev–Trinajstić information content (AvgIpc) is 3.25. The number of halogens is 2. The van der Waals surface area contributed by atoms with Gasteiger partial charge in [0.2, 0.25) is 0 Å². The van der Waals surface area contributed by atoms with Crippen LogP contribution in [0.2, 0.25) is 51.9 Å². The van der Waals surface area contributed by atoms with Crippen LogP contribution in [-0.2, 0) is 27.8 Å². The quantitative estimate of drug-likeness (QED) is 0.319. The van der Waals surface area contributed by atoms with E-state index in [1.165, 1.54) is 16.8 Å². The van der Waals surface area contributed by atoms with Crippen molar-refractivity contribution in [3.05, 3.63) is 66.7 Å². The van der Waals surface area contributed by atoms with E-state index < -0.39 is 16.4 Å². The molecule has 0 N–H and O–H groups in total. The number of benzene rings is 1. The van der Waals surface area contributed by atoms with Crippen molar-refractivity contribution < 1.29 is 52.6 Å². The number of hydrogen-bond donors (Lipinski definition) is 0. The zero-order valence-corrected chi connectivity index (χ0v) is 26.4. The molecule has 0 aliphatic heterocycles. The maximum Gasteiger partial charge on any atom is -0.0809 e. The van der Waals surface area contributed by atoms with Crippen LogP contribution in [0.4, 0.5) is 0 Å². The fraction of sp³-hybridized carbons (Fsp3) is 0.391. The molecular weight excluding hydrogens is 539 g/mol. The van der Waals surface area contributed by atoms with Crippen molar-refractivity contribution in [2.24, 2.45) is 0 Å². The Labute approximate surface area is 214 Å². The summed E-state index contributed by atoms with van der Waals surface area (Å²) in [5.74, 6) is 0. The molecule has 7 heteroatoms. The Morgan fingerprint density at radius 3 is 1.97 bits per heavy atom. The Kier molecular flexibility index (Phi) is 17.3. The normalized spacial score (nSPS) is 10.6. The van der Waals surface area contributed by atoms with Crippen LogP contribution in [-0.4, -0.2) is 28.4 Å². The summed E-state index contributed by atoms with van der Waals surface area (Å²) < 4.78 is 5.94. The first-order chi connectivity index (χ1) is 13.0. The van der Waals surface area contributed by atoms with Gasteiger partial charge < -0.3 is 29.2 Å². The third-order valence-electron chi connectivity index (χ3n) is 4.25. The molecule has 0 bridgehead atoms. The SMILES string of the molecule is C[Si](C)(C)OCC[Si](C)(C)c1ccc[cH-]1.C[Si](C)=[Zr+2].[Cl-].[Cl-].c1ccc2[cH-]ccc2c1. The summed E-state index contributed by atoms with van der Waals surface area (Å²) in [7, 11) is -2.55. The van der Waals surface area contributed by atoms with Gasteiger partial charge in [-0.2, -0.15) is 34.8 Å². The zero-order chi connectivity index (χ0) is 21.2. The van der Waals surface area contributed by atoms with Gasteiger partial charge in [0.15, 0.2) is 8.32 Å². The Bertz CT molecular complexity index is 790. The summed E-state index contributed by atoms with van der Waals surface area (Å²) in [5, 5.41) is 4.22. The molecule has 3 rings (SSSR count). The molecule has 3 aromatic rings. The third-order valence-corrected chi connectivity index (χ3v) is 8.67. The summed E-state index contributed by atoms with van der Waals surface area (Å²) in [4.78, 5) is 0. The first-order valence-corrected chi connectivity index (χ1v) is 22.8. The molecule has 0 aliphatic carbocycles. The predicted molar refractivity (Wildman–Crippen MR) is 130 cm³/mol. The maximum atomic E-state index is 5.94. The first-order valence-electron chi connectivity index (χ1n) is 10.00. The van der Waals surface area contributed by atoms with Crippen LogP contribution in [0.1, 0.15) is 0 Å². The standard InChI is InChI=1S/C12H23OSi2.C9H7.C2H6Si.2ClH.Zr/c1-14(2,3)13-10-11-15(4,5)12-8-6-7-9-12;1-2-5-9-7-3-6-8(9)4-1;1-3-2;;;/h6-9H,10-11H2,1-5H3;1-7H;1-2H3;2*1H;/q2*-1;;;;+2/p-2. The van der Waals surface area contributed by atoms with Crippen molar-refractivity contribution in [1.82, 2.24) is 0 Å². The van der Waals surface area contributed by atoms with Crippen molar-refractivity contribution >= 4 is 37.8 Å². The van der Waals surface area contributed by atoms with Crippen LogP contribution < -0.4 is 30.0 Å². The molecule has 0 saturated heterocycles. The second kappa shape index (κ2) is 16.0. The predicted octanol–water partition coefficient (Wildman–Crippen LogP) is 0.523. The molecule has 0 atom stereocenters.